The summed E-state index contributed by atoms with van der Waals surface area (Å²) in [5.74, 6) is 1.33. The van der Waals surface area contributed by atoms with E-state index in [-0.39, 0.29) is 0 Å². The average Bonchev–Trinajstić information content (AvgIpc) is 2.30. The Hall–Kier alpha value is -1.16. The highest BCUT2D eigenvalue weighted by atomic mass is 15.2. The van der Waals surface area contributed by atoms with Crippen molar-refractivity contribution in [3.8, 4) is 0 Å². The van der Waals surface area contributed by atoms with Crippen LogP contribution in [0.15, 0.2) is 12.4 Å². The Labute approximate surface area is 96.9 Å². The van der Waals surface area contributed by atoms with E-state index in [1.807, 2.05) is 12.4 Å². The van der Waals surface area contributed by atoms with Crippen molar-refractivity contribution in [2.24, 2.45) is 5.73 Å². The molecule has 0 spiro atoms. The van der Waals surface area contributed by atoms with E-state index < -0.39 is 0 Å². The smallest absolute Gasteiger partial charge is 0.225 e. The van der Waals surface area contributed by atoms with Crippen molar-refractivity contribution in [3.05, 3.63) is 18.0 Å². The maximum Gasteiger partial charge on any atom is 0.225 e. The van der Waals surface area contributed by atoms with E-state index in [0.717, 1.165) is 31.9 Å². The van der Waals surface area contributed by atoms with Gasteiger partial charge in [0, 0.05) is 31.5 Å². The zero-order valence-electron chi connectivity index (χ0n) is 10.1. The van der Waals surface area contributed by atoms with Gasteiger partial charge in [-0.3, -0.25) is 0 Å². The lowest BCUT2D eigenvalue weighted by molar-refractivity contribution is 0.495. The molecule has 88 valence electrons. The van der Waals surface area contributed by atoms with E-state index in [9.17, 15) is 0 Å². The lowest BCUT2D eigenvalue weighted by Gasteiger charge is -2.30. The van der Waals surface area contributed by atoms with Crippen LogP contribution in [-0.2, 0) is 0 Å². The maximum absolute atomic E-state index is 5.87. The minimum absolute atomic E-state index is 0.353. The summed E-state index contributed by atoms with van der Waals surface area (Å²) in [6.07, 6.45) is 5.94. The first-order valence-electron chi connectivity index (χ1n) is 5.99. The number of piperidine rings is 1. The van der Waals surface area contributed by atoms with Crippen LogP contribution in [0, 0.1) is 0 Å². The summed E-state index contributed by atoms with van der Waals surface area (Å²) < 4.78 is 0. The molecular weight excluding hydrogens is 200 g/mol. The third kappa shape index (κ3) is 2.50. The van der Waals surface area contributed by atoms with Crippen LogP contribution < -0.4 is 10.6 Å². The Morgan fingerprint density at radius 3 is 2.31 bits per heavy atom. The van der Waals surface area contributed by atoms with Crippen molar-refractivity contribution in [3.63, 3.8) is 0 Å². The largest absolute Gasteiger partial charge is 0.341 e. The summed E-state index contributed by atoms with van der Waals surface area (Å²) in [4.78, 5) is 11.1. The molecule has 4 heteroatoms. The van der Waals surface area contributed by atoms with Crippen LogP contribution >= 0.6 is 0 Å². The van der Waals surface area contributed by atoms with Crippen molar-refractivity contribution in [1.82, 2.24) is 9.97 Å². The molecule has 2 N–H and O–H groups in total. The fraction of sp³-hybridized carbons (Fsp3) is 0.667. The predicted molar refractivity (Wildman–Crippen MR) is 65.5 cm³/mol. The highest BCUT2D eigenvalue weighted by Gasteiger charge is 2.18. The van der Waals surface area contributed by atoms with Gasteiger partial charge in [-0.2, -0.15) is 0 Å². The summed E-state index contributed by atoms with van der Waals surface area (Å²) in [7, 11) is 0. The van der Waals surface area contributed by atoms with Crippen molar-refractivity contribution in [2.45, 2.75) is 38.6 Å². The zero-order chi connectivity index (χ0) is 11.5. The van der Waals surface area contributed by atoms with Crippen molar-refractivity contribution >= 4 is 5.95 Å². The van der Waals surface area contributed by atoms with Crippen LogP contribution in [0.4, 0.5) is 5.95 Å². The SMILES string of the molecule is CC(C)c1cnc(N2CCC(N)CC2)nc1. The van der Waals surface area contributed by atoms with E-state index in [1.165, 1.54) is 5.56 Å². The molecule has 1 fully saturated rings. The molecule has 0 saturated carbocycles. The van der Waals surface area contributed by atoms with Crippen molar-refractivity contribution in [1.29, 1.82) is 0 Å². The van der Waals surface area contributed by atoms with Gasteiger partial charge in [-0.25, -0.2) is 9.97 Å². The molecule has 0 amide bonds. The monoisotopic (exact) mass is 220 g/mol. The van der Waals surface area contributed by atoms with Crippen LogP contribution in [0.2, 0.25) is 0 Å². The number of hydrogen-bond donors (Lipinski definition) is 1. The number of nitrogens with zero attached hydrogens (tertiary/aromatic N) is 3. The quantitative estimate of drug-likeness (QED) is 0.821. The van der Waals surface area contributed by atoms with Gasteiger partial charge < -0.3 is 10.6 Å². The molecule has 0 bridgehead atoms. The Kier molecular flexibility index (Phi) is 3.39. The van der Waals surface area contributed by atoms with E-state index in [1.54, 1.807) is 0 Å². The highest BCUT2D eigenvalue weighted by Crippen LogP contribution is 2.17. The summed E-state index contributed by atoms with van der Waals surface area (Å²) in [6.45, 7) is 6.25. The molecular formula is C12H20N4. The first-order chi connectivity index (χ1) is 7.66. The van der Waals surface area contributed by atoms with E-state index >= 15 is 0 Å². The topological polar surface area (TPSA) is 55.0 Å². The van der Waals surface area contributed by atoms with Gasteiger partial charge in [-0.05, 0) is 24.3 Å². The fourth-order valence-electron chi connectivity index (χ4n) is 1.89. The second-order valence-corrected chi connectivity index (χ2v) is 4.80. The molecule has 1 saturated heterocycles. The van der Waals surface area contributed by atoms with Crippen LogP contribution in [-0.4, -0.2) is 29.1 Å². The second kappa shape index (κ2) is 4.78. The number of anilines is 1. The zero-order valence-corrected chi connectivity index (χ0v) is 10.1. The number of rotatable bonds is 2. The van der Waals surface area contributed by atoms with Gasteiger partial charge in [-0.15, -0.1) is 0 Å². The summed E-state index contributed by atoms with van der Waals surface area (Å²) >= 11 is 0. The van der Waals surface area contributed by atoms with Crippen LogP contribution in [0.25, 0.3) is 0 Å². The molecule has 1 aliphatic rings. The Balaban J connectivity index is 2.04. The number of aromatic nitrogens is 2. The third-order valence-corrected chi connectivity index (χ3v) is 3.15. The molecule has 0 aromatic carbocycles. The highest BCUT2D eigenvalue weighted by molar-refractivity contribution is 5.31. The van der Waals surface area contributed by atoms with Gasteiger partial charge in [0.2, 0.25) is 5.95 Å². The van der Waals surface area contributed by atoms with Gasteiger partial charge in [-0.1, -0.05) is 13.8 Å². The standard InChI is InChI=1S/C12H20N4/c1-9(2)10-7-14-12(15-8-10)16-5-3-11(13)4-6-16/h7-9,11H,3-6,13H2,1-2H3. The molecule has 0 aliphatic carbocycles. The average molecular weight is 220 g/mol. The molecule has 4 nitrogen and oxygen atoms in total. The molecule has 1 aromatic rings. The minimum Gasteiger partial charge on any atom is -0.341 e. The van der Waals surface area contributed by atoms with Crippen LogP contribution in [0.1, 0.15) is 38.2 Å². The van der Waals surface area contributed by atoms with Gasteiger partial charge in [0.25, 0.3) is 0 Å². The lowest BCUT2D eigenvalue weighted by Crippen LogP contribution is -2.40. The van der Waals surface area contributed by atoms with Gasteiger partial charge in [0.1, 0.15) is 0 Å². The van der Waals surface area contributed by atoms with E-state index in [4.69, 9.17) is 5.73 Å². The minimum atomic E-state index is 0.353. The number of nitrogens with two attached hydrogens (primary N) is 1. The normalized spacial score (nSPS) is 18.1. The van der Waals surface area contributed by atoms with Crippen LogP contribution in [0.5, 0.6) is 0 Å². The van der Waals surface area contributed by atoms with Crippen molar-refractivity contribution < 1.29 is 0 Å². The van der Waals surface area contributed by atoms with Gasteiger partial charge >= 0.3 is 0 Å². The Bertz CT molecular complexity index is 325. The van der Waals surface area contributed by atoms with Gasteiger partial charge in [0.15, 0.2) is 0 Å². The summed E-state index contributed by atoms with van der Waals surface area (Å²) in [5, 5.41) is 0. The first kappa shape index (κ1) is 11.3. The Morgan fingerprint density at radius 2 is 1.81 bits per heavy atom. The summed E-state index contributed by atoms with van der Waals surface area (Å²) in [6, 6.07) is 0.353. The van der Waals surface area contributed by atoms with E-state index in [0.29, 0.717) is 12.0 Å². The molecule has 1 aliphatic heterocycles. The third-order valence-electron chi connectivity index (χ3n) is 3.15. The molecule has 0 unspecified atom stereocenters. The molecule has 2 rings (SSSR count). The van der Waals surface area contributed by atoms with Gasteiger partial charge in [0.05, 0.1) is 0 Å². The predicted octanol–water partition coefficient (Wildman–Crippen LogP) is 1.53. The molecule has 16 heavy (non-hydrogen) atoms. The summed E-state index contributed by atoms with van der Waals surface area (Å²) in [5.41, 5.74) is 7.06. The Morgan fingerprint density at radius 1 is 1.25 bits per heavy atom. The second-order valence-electron chi connectivity index (χ2n) is 4.80. The van der Waals surface area contributed by atoms with E-state index in [2.05, 4.69) is 28.7 Å². The maximum atomic E-state index is 5.87. The van der Waals surface area contributed by atoms with Crippen molar-refractivity contribution in [2.75, 3.05) is 18.0 Å². The lowest BCUT2D eigenvalue weighted by atomic mass is 10.1. The molecule has 0 radical (unpaired) electrons. The fourth-order valence-corrected chi connectivity index (χ4v) is 1.89. The first-order valence-corrected chi connectivity index (χ1v) is 5.99. The molecule has 0 atom stereocenters. The molecule has 2 heterocycles. The number of hydrogen-bond acceptors (Lipinski definition) is 4. The van der Waals surface area contributed by atoms with Crippen LogP contribution in [0.3, 0.4) is 0 Å². The molecule has 1 aromatic heterocycles.